The molecule has 1 saturated carbocycles. The summed E-state index contributed by atoms with van der Waals surface area (Å²) >= 11 is 0. The van der Waals surface area contributed by atoms with Gasteiger partial charge in [-0.05, 0) is 42.4 Å². The van der Waals surface area contributed by atoms with Gasteiger partial charge in [-0.1, -0.05) is 26.0 Å². The maximum Gasteiger partial charge on any atom is 0.238 e. The number of amides is 1. The summed E-state index contributed by atoms with van der Waals surface area (Å²) in [6.45, 7) is 5.00. The predicted molar refractivity (Wildman–Crippen MR) is 81.9 cm³/mol. The average Bonchev–Trinajstić information content (AvgIpc) is 3.03. The van der Waals surface area contributed by atoms with E-state index in [9.17, 15) is 4.79 Å². The summed E-state index contributed by atoms with van der Waals surface area (Å²) in [7, 11) is 1.67. The van der Waals surface area contributed by atoms with E-state index in [1.165, 1.54) is 6.42 Å². The normalized spacial score (nSPS) is 32.7. The quantitative estimate of drug-likeness (QED) is 0.929. The molecule has 0 aromatic heterocycles. The van der Waals surface area contributed by atoms with E-state index in [0.29, 0.717) is 24.4 Å². The monoisotopic (exact) mass is 288 g/mol. The molecule has 3 rings (SSSR count). The first-order valence-electron chi connectivity index (χ1n) is 7.80. The fourth-order valence-electron chi connectivity index (χ4n) is 3.72. The fourth-order valence-corrected chi connectivity index (χ4v) is 3.72. The van der Waals surface area contributed by atoms with E-state index in [1.807, 2.05) is 18.2 Å². The second-order valence-corrected chi connectivity index (χ2v) is 6.34. The maximum atomic E-state index is 12.4. The van der Waals surface area contributed by atoms with Crippen LogP contribution in [0.2, 0.25) is 0 Å². The highest BCUT2D eigenvalue weighted by Gasteiger charge is 2.42. The molecule has 1 aromatic rings. The highest BCUT2D eigenvalue weighted by atomic mass is 16.5. The number of methoxy groups -OCH3 is 1. The lowest BCUT2D eigenvalue weighted by Gasteiger charge is -2.34. The molecule has 1 amide bonds. The molecule has 0 spiro atoms. The molecular weight excluding hydrogens is 264 g/mol. The number of hydrogen-bond donors (Lipinski definition) is 1. The number of nitrogens with one attached hydrogen (secondary N) is 1. The van der Waals surface area contributed by atoms with Crippen LogP contribution < -0.4 is 10.1 Å². The van der Waals surface area contributed by atoms with Crippen LogP contribution in [-0.2, 0) is 4.79 Å². The van der Waals surface area contributed by atoms with Crippen LogP contribution in [0.15, 0.2) is 24.3 Å². The van der Waals surface area contributed by atoms with Crippen molar-refractivity contribution in [3.63, 3.8) is 0 Å². The topological polar surface area (TPSA) is 41.6 Å². The molecule has 4 heteroatoms. The molecule has 0 radical (unpaired) electrons. The maximum absolute atomic E-state index is 12.4. The van der Waals surface area contributed by atoms with Gasteiger partial charge >= 0.3 is 0 Å². The van der Waals surface area contributed by atoms with Crippen LogP contribution in [0.25, 0.3) is 0 Å². The lowest BCUT2D eigenvalue weighted by molar-refractivity contribution is -0.131. The van der Waals surface area contributed by atoms with E-state index >= 15 is 0 Å². The van der Waals surface area contributed by atoms with Crippen molar-refractivity contribution in [2.45, 2.75) is 38.9 Å². The minimum atomic E-state index is -0.0228. The molecule has 2 fully saturated rings. The van der Waals surface area contributed by atoms with Crippen LogP contribution in [0.5, 0.6) is 5.75 Å². The molecule has 21 heavy (non-hydrogen) atoms. The van der Waals surface area contributed by atoms with Crippen molar-refractivity contribution in [1.82, 2.24) is 10.2 Å². The van der Waals surface area contributed by atoms with Crippen molar-refractivity contribution in [1.29, 1.82) is 0 Å². The fraction of sp³-hybridized carbons (Fsp3) is 0.588. The summed E-state index contributed by atoms with van der Waals surface area (Å²) in [6, 6.07) is 8.35. The van der Waals surface area contributed by atoms with Gasteiger partial charge in [0.1, 0.15) is 11.9 Å². The minimum absolute atomic E-state index is 0.0228. The van der Waals surface area contributed by atoms with Gasteiger partial charge < -0.3 is 9.64 Å². The van der Waals surface area contributed by atoms with Crippen molar-refractivity contribution < 1.29 is 9.53 Å². The molecule has 1 aliphatic carbocycles. The summed E-state index contributed by atoms with van der Waals surface area (Å²) in [4.78, 5) is 14.5. The molecule has 1 saturated heterocycles. The predicted octanol–water partition coefficient (Wildman–Crippen LogP) is 2.56. The number of rotatable bonds is 3. The number of carbonyl (C=O) groups is 1. The number of ether oxygens (including phenoxy) is 1. The number of benzene rings is 1. The first kappa shape index (κ1) is 14.4. The lowest BCUT2D eigenvalue weighted by atomic mass is 9.96. The molecule has 1 heterocycles. The number of hydrogen-bond acceptors (Lipinski definition) is 3. The molecule has 0 bridgehead atoms. The van der Waals surface area contributed by atoms with Gasteiger partial charge in [-0.15, -0.1) is 0 Å². The Balaban J connectivity index is 1.88. The molecular formula is C17H24N2O2. The Kier molecular flexibility index (Phi) is 3.89. The summed E-state index contributed by atoms with van der Waals surface area (Å²) in [5.74, 6) is 2.30. The second kappa shape index (κ2) is 5.68. The molecule has 1 N–H and O–H groups in total. The highest BCUT2D eigenvalue weighted by Crippen LogP contribution is 2.39. The molecule has 4 atom stereocenters. The smallest absolute Gasteiger partial charge is 0.238 e. The zero-order valence-corrected chi connectivity index (χ0v) is 13.0. The number of nitrogens with zero attached hydrogens (tertiary/aromatic N) is 1. The van der Waals surface area contributed by atoms with Crippen molar-refractivity contribution in [3.8, 4) is 5.75 Å². The molecule has 4 nitrogen and oxygen atoms in total. The lowest BCUT2D eigenvalue weighted by Crippen LogP contribution is -2.41. The first-order chi connectivity index (χ1) is 10.1. The SMILES string of the molecule is COc1cccc(C2NCC(=O)N2C2CCC(C)C2C)c1. The number of carbonyl (C=O) groups excluding carboxylic acids is 1. The summed E-state index contributed by atoms with van der Waals surface area (Å²) < 4.78 is 5.31. The van der Waals surface area contributed by atoms with Crippen LogP contribution in [0, 0.1) is 11.8 Å². The minimum Gasteiger partial charge on any atom is -0.497 e. The van der Waals surface area contributed by atoms with E-state index in [4.69, 9.17) is 4.74 Å². The van der Waals surface area contributed by atoms with Gasteiger partial charge in [0.2, 0.25) is 5.91 Å². The first-order valence-corrected chi connectivity index (χ1v) is 7.80. The van der Waals surface area contributed by atoms with Gasteiger partial charge in [0.25, 0.3) is 0 Å². The van der Waals surface area contributed by atoms with Crippen LogP contribution in [0.4, 0.5) is 0 Å². The standard InChI is InChI=1S/C17H24N2O2/c1-11-7-8-15(12(11)2)19-16(20)10-18-17(19)13-5-4-6-14(9-13)21-3/h4-6,9,11-12,15,17-18H,7-8,10H2,1-3H3. The van der Waals surface area contributed by atoms with Crippen molar-refractivity contribution in [2.75, 3.05) is 13.7 Å². The summed E-state index contributed by atoms with van der Waals surface area (Å²) in [5, 5.41) is 3.36. The third kappa shape index (κ3) is 2.53. The van der Waals surface area contributed by atoms with Gasteiger partial charge in [-0.25, -0.2) is 0 Å². The van der Waals surface area contributed by atoms with Crippen LogP contribution in [0.3, 0.4) is 0 Å². The van der Waals surface area contributed by atoms with E-state index < -0.39 is 0 Å². The Morgan fingerprint density at radius 3 is 2.76 bits per heavy atom. The van der Waals surface area contributed by atoms with Gasteiger partial charge in [0, 0.05) is 6.04 Å². The Morgan fingerprint density at radius 2 is 2.10 bits per heavy atom. The zero-order chi connectivity index (χ0) is 15.0. The zero-order valence-electron chi connectivity index (χ0n) is 13.0. The van der Waals surface area contributed by atoms with Crippen LogP contribution in [0.1, 0.15) is 38.4 Å². The van der Waals surface area contributed by atoms with Crippen molar-refractivity contribution in [2.24, 2.45) is 11.8 Å². The van der Waals surface area contributed by atoms with Crippen molar-refractivity contribution >= 4 is 5.91 Å². The van der Waals surface area contributed by atoms with Crippen LogP contribution >= 0.6 is 0 Å². The molecule has 2 aliphatic rings. The largest absolute Gasteiger partial charge is 0.497 e. The highest BCUT2D eigenvalue weighted by molar-refractivity contribution is 5.81. The Labute approximate surface area is 126 Å². The van der Waals surface area contributed by atoms with Crippen molar-refractivity contribution in [3.05, 3.63) is 29.8 Å². The molecule has 1 aliphatic heterocycles. The third-order valence-electron chi connectivity index (χ3n) is 5.20. The van der Waals surface area contributed by atoms with Gasteiger partial charge in [0.05, 0.1) is 13.7 Å². The molecule has 1 aromatic carbocycles. The van der Waals surface area contributed by atoms with Gasteiger partial charge in [-0.3, -0.25) is 10.1 Å². The van der Waals surface area contributed by atoms with Crippen LogP contribution in [-0.4, -0.2) is 30.5 Å². The van der Waals surface area contributed by atoms with E-state index in [-0.39, 0.29) is 12.1 Å². The summed E-state index contributed by atoms with van der Waals surface area (Å²) in [5.41, 5.74) is 1.10. The third-order valence-corrected chi connectivity index (χ3v) is 5.20. The average molecular weight is 288 g/mol. The summed E-state index contributed by atoms with van der Waals surface area (Å²) in [6.07, 6.45) is 2.29. The Hall–Kier alpha value is -1.55. The van der Waals surface area contributed by atoms with Gasteiger partial charge in [-0.2, -0.15) is 0 Å². The van der Waals surface area contributed by atoms with E-state index in [2.05, 4.69) is 30.1 Å². The Morgan fingerprint density at radius 1 is 1.29 bits per heavy atom. The molecule has 4 unspecified atom stereocenters. The van der Waals surface area contributed by atoms with E-state index in [1.54, 1.807) is 7.11 Å². The molecule has 114 valence electrons. The van der Waals surface area contributed by atoms with Gasteiger partial charge in [0.15, 0.2) is 0 Å². The van der Waals surface area contributed by atoms with E-state index in [0.717, 1.165) is 17.7 Å². The Bertz CT molecular complexity index is 531. The second-order valence-electron chi connectivity index (χ2n) is 6.34.